The van der Waals surface area contributed by atoms with Crippen LogP contribution in [0.2, 0.25) is 0 Å². The monoisotopic (exact) mass is 474 g/mol. The van der Waals surface area contributed by atoms with Gasteiger partial charge in [-0.3, -0.25) is 4.79 Å². The maximum Gasteiger partial charge on any atom is 0.309 e. The Kier molecular flexibility index (Phi) is 9.14. The fourth-order valence-electron chi connectivity index (χ4n) is 3.92. The molecule has 178 valence electrons. The van der Waals surface area contributed by atoms with Crippen LogP contribution in [0.15, 0.2) is 103 Å². The van der Waals surface area contributed by atoms with Crippen molar-refractivity contribution in [2.75, 3.05) is 5.75 Å². The number of allylic oxidation sites excluding steroid dienone is 1. The predicted octanol–water partition coefficient (Wildman–Crippen LogP) is 6.75. The van der Waals surface area contributed by atoms with Crippen molar-refractivity contribution >= 4 is 17.7 Å². The van der Waals surface area contributed by atoms with Crippen LogP contribution in [0.4, 0.5) is 0 Å². The summed E-state index contributed by atoms with van der Waals surface area (Å²) in [6.07, 6.45) is 3.53. The van der Waals surface area contributed by atoms with Gasteiger partial charge in [0, 0.05) is 0 Å². The van der Waals surface area contributed by atoms with Crippen LogP contribution in [0.1, 0.15) is 50.3 Å². The second kappa shape index (κ2) is 12.0. The molecule has 0 saturated heterocycles. The van der Waals surface area contributed by atoms with Gasteiger partial charge in [-0.25, -0.2) is 0 Å². The minimum atomic E-state index is -0.845. The Balaban J connectivity index is 1.77. The molecule has 0 aliphatic rings. The van der Waals surface area contributed by atoms with Gasteiger partial charge in [0.05, 0.1) is 17.3 Å². The van der Waals surface area contributed by atoms with E-state index in [1.165, 1.54) is 16.7 Å². The first-order valence-corrected chi connectivity index (χ1v) is 12.7. The lowest BCUT2D eigenvalue weighted by molar-refractivity contribution is -0.156. The van der Waals surface area contributed by atoms with Crippen LogP contribution < -0.4 is 0 Å². The highest BCUT2D eigenvalue weighted by molar-refractivity contribution is 8.00. The van der Waals surface area contributed by atoms with Gasteiger partial charge in [0.2, 0.25) is 0 Å². The van der Waals surface area contributed by atoms with E-state index in [1.807, 2.05) is 56.8 Å². The molecular weight excluding hydrogens is 440 g/mol. The number of thioether (sulfide) groups is 1. The van der Waals surface area contributed by atoms with Crippen molar-refractivity contribution in [3.8, 4) is 0 Å². The average molecular weight is 475 g/mol. The van der Waals surface area contributed by atoms with Gasteiger partial charge in [-0.15, -0.1) is 11.8 Å². The summed E-state index contributed by atoms with van der Waals surface area (Å²) < 4.78 is 4.94. The summed E-state index contributed by atoms with van der Waals surface area (Å²) in [5, 5.41) is 10.2. The number of carbonyl (C=O) groups excluding carboxylic acids is 1. The first kappa shape index (κ1) is 25.8. The van der Waals surface area contributed by atoms with Gasteiger partial charge < -0.3 is 9.84 Å². The summed E-state index contributed by atoms with van der Waals surface area (Å²) in [6.45, 7) is 5.47. The van der Waals surface area contributed by atoms with Crippen molar-refractivity contribution in [2.24, 2.45) is 0 Å². The molecule has 0 amide bonds. The first-order valence-electron chi connectivity index (χ1n) is 11.7. The highest BCUT2D eigenvalue weighted by Gasteiger charge is 2.36. The van der Waals surface area contributed by atoms with E-state index in [4.69, 9.17) is 4.74 Å². The number of carbonyl (C=O) groups is 1. The van der Waals surface area contributed by atoms with Crippen molar-refractivity contribution in [3.63, 3.8) is 0 Å². The van der Waals surface area contributed by atoms with Crippen LogP contribution >= 0.6 is 11.8 Å². The Morgan fingerprint density at radius 1 is 0.853 bits per heavy atom. The fourth-order valence-corrected chi connectivity index (χ4v) is 5.39. The molecule has 0 saturated carbocycles. The van der Waals surface area contributed by atoms with Gasteiger partial charge >= 0.3 is 5.97 Å². The number of ether oxygens (including phenoxy) is 1. The van der Waals surface area contributed by atoms with Gasteiger partial charge in [0.15, 0.2) is 0 Å². The molecule has 0 aliphatic heterocycles. The largest absolute Gasteiger partial charge is 0.460 e. The van der Waals surface area contributed by atoms with E-state index in [0.29, 0.717) is 0 Å². The molecule has 4 heteroatoms. The van der Waals surface area contributed by atoms with E-state index < -0.39 is 17.7 Å². The molecule has 0 unspecified atom stereocenters. The van der Waals surface area contributed by atoms with Crippen LogP contribution in [0.3, 0.4) is 0 Å². The maximum absolute atomic E-state index is 11.9. The maximum atomic E-state index is 11.9. The smallest absolute Gasteiger partial charge is 0.309 e. The zero-order chi connectivity index (χ0) is 24.4. The quantitative estimate of drug-likeness (QED) is 0.153. The third-order valence-electron chi connectivity index (χ3n) is 5.30. The molecule has 0 spiro atoms. The van der Waals surface area contributed by atoms with Gasteiger partial charge in [0.25, 0.3) is 0 Å². The van der Waals surface area contributed by atoms with E-state index in [9.17, 15) is 9.90 Å². The van der Waals surface area contributed by atoms with Crippen LogP contribution in [-0.4, -0.2) is 28.5 Å². The number of benzene rings is 3. The Morgan fingerprint density at radius 3 is 1.71 bits per heavy atom. The number of esters is 1. The molecule has 0 bridgehead atoms. The summed E-state index contributed by atoms with van der Waals surface area (Å²) in [5.74, 6) is 0.448. The minimum absolute atomic E-state index is 0.0388. The van der Waals surface area contributed by atoms with Crippen LogP contribution in [0.5, 0.6) is 0 Å². The molecule has 3 aromatic carbocycles. The Bertz CT molecular complexity index is 944. The van der Waals surface area contributed by atoms with E-state index in [2.05, 4.69) is 72.8 Å². The minimum Gasteiger partial charge on any atom is -0.460 e. The van der Waals surface area contributed by atoms with Crippen molar-refractivity contribution < 1.29 is 14.6 Å². The molecular formula is C30H34O3S. The van der Waals surface area contributed by atoms with E-state index in [1.54, 1.807) is 6.08 Å². The van der Waals surface area contributed by atoms with Crippen molar-refractivity contribution in [1.82, 2.24) is 0 Å². The summed E-state index contributed by atoms with van der Waals surface area (Å²) in [5.41, 5.74) is 3.14. The van der Waals surface area contributed by atoms with Crippen LogP contribution in [0.25, 0.3) is 0 Å². The Labute approximate surface area is 207 Å². The topological polar surface area (TPSA) is 46.5 Å². The van der Waals surface area contributed by atoms with Crippen molar-refractivity contribution in [2.45, 2.75) is 50.1 Å². The lowest BCUT2D eigenvalue weighted by Gasteiger charge is -2.35. The highest BCUT2D eigenvalue weighted by atomic mass is 32.2. The second-order valence-corrected chi connectivity index (χ2v) is 10.5. The molecule has 0 aromatic heterocycles. The van der Waals surface area contributed by atoms with E-state index >= 15 is 0 Å². The molecule has 34 heavy (non-hydrogen) atoms. The standard InChI is InChI=1S/C30H34O3S/c1-29(2,3)33-28(32)23-27(31)21-13-14-22-34-30(24-15-7-4-8-16-24,25-17-9-5-10-18-25)26-19-11-6-12-20-26/h4-13,15-21,27,31H,14,22-23H2,1-3H3/b21-13+/t27-/m1/s1. The molecule has 3 nitrogen and oxygen atoms in total. The molecule has 3 rings (SSSR count). The van der Waals surface area contributed by atoms with E-state index in [0.717, 1.165) is 12.2 Å². The summed E-state index contributed by atoms with van der Waals surface area (Å²) in [4.78, 5) is 11.9. The van der Waals surface area contributed by atoms with Gasteiger partial charge in [-0.1, -0.05) is 103 Å². The zero-order valence-corrected chi connectivity index (χ0v) is 21.0. The molecule has 0 aliphatic carbocycles. The summed E-state index contributed by atoms with van der Waals surface area (Å²) in [7, 11) is 0. The second-order valence-electron chi connectivity index (χ2n) is 9.20. The molecule has 0 heterocycles. The molecule has 1 N–H and O–H groups in total. The third-order valence-corrected chi connectivity index (χ3v) is 6.88. The first-order chi connectivity index (χ1) is 16.3. The molecule has 0 radical (unpaired) electrons. The lowest BCUT2D eigenvalue weighted by atomic mass is 9.84. The number of aliphatic hydroxyl groups excluding tert-OH is 1. The Morgan fingerprint density at radius 2 is 1.29 bits per heavy atom. The average Bonchev–Trinajstić information content (AvgIpc) is 2.82. The van der Waals surface area contributed by atoms with Crippen molar-refractivity contribution in [1.29, 1.82) is 0 Å². The molecule has 0 fully saturated rings. The van der Waals surface area contributed by atoms with Gasteiger partial charge in [-0.05, 0) is 49.6 Å². The molecule has 1 atom stereocenters. The SMILES string of the molecule is CC(C)(C)OC(=O)C[C@H](O)/C=C/CCSC(c1ccccc1)(c1ccccc1)c1ccccc1. The summed E-state index contributed by atoms with van der Waals surface area (Å²) >= 11 is 1.88. The fraction of sp³-hybridized carbons (Fsp3) is 0.300. The normalized spacial score (nSPS) is 13.1. The predicted molar refractivity (Wildman–Crippen MR) is 142 cm³/mol. The van der Waals surface area contributed by atoms with E-state index in [-0.39, 0.29) is 11.2 Å². The van der Waals surface area contributed by atoms with Crippen molar-refractivity contribution in [3.05, 3.63) is 120 Å². The van der Waals surface area contributed by atoms with Gasteiger partial charge in [-0.2, -0.15) is 0 Å². The highest BCUT2D eigenvalue weighted by Crippen LogP contribution is 2.48. The van der Waals surface area contributed by atoms with Gasteiger partial charge in [0.1, 0.15) is 5.60 Å². The number of rotatable bonds is 10. The third kappa shape index (κ3) is 7.09. The Hall–Kier alpha value is -2.82. The number of hydrogen-bond donors (Lipinski definition) is 1. The number of aliphatic hydroxyl groups is 1. The van der Waals surface area contributed by atoms with Crippen LogP contribution in [-0.2, 0) is 14.3 Å². The molecule has 3 aromatic rings. The van der Waals surface area contributed by atoms with Crippen LogP contribution in [0, 0.1) is 0 Å². The zero-order valence-electron chi connectivity index (χ0n) is 20.2. The number of hydrogen-bond acceptors (Lipinski definition) is 4. The summed E-state index contributed by atoms with van der Waals surface area (Å²) in [6, 6.07) is 31.8. The lowest BCUT2D eigenvalue weighted by Crippen LogP contribution is -2.26.